The van der Waals surface area contributed by atoms with E-state index in [1.54, 1.807) is 0 Å². The van der Waals surface area contributed by atoms with E-state index in [-0.39, 0.29) is 18.4 Å². The molecule has 0 bridgehead atoms. The number of nitrogens with zero attached hydrogens (tertiary/aromatic N) is 2. The lowest BCUT2D eigenvalue weighted by molar-refractivity contribution is -0.138. The molecule has 0 radical (unpaired) electrons. The lowest BCUT2D eigenvalue weighted by Gasteiger charge is -2.39. The summed E-state index contributed by atoms with van der Waals surface area (Å²) in [6, 6.07) is 0.0728. The van der Waals surface area contributed by atoms with Crippen LogP contribution in [0, 0.1) is 11.8 Å². The standard InChI is InChI=1S/C17H33N3O.ClH/c1-14-5-10-20(11-6-14)17(21)15(2)19-12-7-16(8-13-19)4-9-18-3;/h14-16,18H,4-13H2,1-3H3;1H. The molecule has 2 saturated heterocycles. The van der Waals surface area contributed by atoms with Gasteiger partial charge in [0.1, 0.15) is 0 Å². The number of piperidine rings is 2. The molecule has 0 aliphatic carbocycles. The topological polar surface area (TPSA) is 35.6 Å². The van der Waals surface area contributed by atoms with Crippen molar-refractivity contribution < 1.29 is 4.79 Å². The number of rotatable bonds is 5. The smallest absolute Gasteiger partial charge is 0.239 e. The first-order valence-electron chi connectivity index (χ1n) is 8.79. The highest BCUT2D eigenvalue weighted by Gasteiger charge is 2.30. The first-order chi connectivity index (χ1) is 10.1. The van der Waals surface area contributed by atoms with Crippen molar-refractivity contribution in [3.05, 3.63) is 0 Å². The van der Waals surface area contributed by atoms with Gasteiger partial charge in [-0.05, 0) is 77.5 Å². The number of likely N-dealkylation sites (tertiary alicyclic amines) is 2. The van der Waals surface area contributed by atoms with Crippen LogP contribution in [0.15, 0.2) is 0 Å². The molecule has 0 aromatic heterocycles. The van der Waals surface area contributed by atoms with Gasteiger partial charge in [-0.15, -0.1) is 12.4 Å². The molecular formula is C17H34ClN3O. The Morgan fingerprint density at radius 1 is 1.14 bits per heavy atom. The van der Waals surface area contributed by atoms with E-state index in [1.807, 2.05) is 7.05 Å². The van der Waals surface area contributed by atoms with E-state index in [4.69, 9.17) is 0 Å². The van der Waals surface area contributed by atoms with Crippen LogP contribution in [-0.2, 0) is 4.79 Å². The maximum atomic E-state index is 12.6. The summed E-state index contributed by atoms with van der Waals surface area (Å²) in [5.74, 6) is 1.98. The highest BCUT2D eigenvalue weighted by molar-refractivity contribution is 5.85. The van der Waals surface area contributed by atoms with Gasteiger partial charge in [-0.3, -0.25) is 9.69 Å². The molecule has 4 nitrogen and oxygen atoms in total. The van der Waals surface area contributed by atoms with Crippen LogP contribution in [0.25, 0.3) is 0 Å². The first-order valence-corrected chi connectivity index (χ1v) is 8.79. The van der Waals surface area contributed by atoms with Crippen molar-refractivity contribution in [3.8, 4) is 0 Å². The summed E-state index contributed by atoms with van der Waals surface area (Å²) in [5, 5.41) is 3.24. The summed E-state index contributed by atoms with van der Waals surface area (Å²) in [7, 11) is 2.02. The normalized spacial score (nSPS) is 23.1. The number of amides is 1. The van der Waals surface area contributed by atoms with Gasteiger partial charge in [0.05, 0.1) is 6.04 Å². The zero-order chi connectivity index (χ0) is 15.2. The van der Waals surface area contributed by atoms with E-state index in [0.717, 1.165) is 44.6 Å². The Morgan fingerprint density at radius 3 is 2.27 bits per heavy atom. The van der Waals surface area contributed by atoms with Crippen molar-refractivity contribution in [3.63, 3.8) is 0 Å². The van der Waals surface area contributed by atoms with E-state index in [2.05, 4.69) is 29.0 Å². The Hall–Kier alpha value is -0.320. The highest BCUT2D eigenvalue weighted by Crippen LogP contribution is 2.23. The van der Waals surface area contributed by atoms with Crippen molar-refractivity contribution in [2.75, 3.05) is 39.8 Å². The quantitative estimate of drug-likeness (QED) is 0.840. The van der Waals surface area contributed by atoms with E-state index >= 15 is 0 Å². The third-order valence-corrected chi connectivity index (χ3v) is 5.45. The molecule has 0 spiro atoms. The van der Waals surface area contributed by atoms with Crippen LogP contribution in [0.1, 0.15) is 46.0 Å². The third kappa shape index (κ3) is 5.39. The zero-order valence-electron chi connectivity index (χ0n) is 14.5. The van der Waals surface area contributed by atoms with Gasteiger partial charge >= 0.3 is 0 Å². The highest BCUT2D eigenvalue weighted by atomic mass is 35.5. The summed E-state index contributed by atoms with van der Waals surface area (Å²) < 4.78 is 0. The van der Waals surface area contributed by atoms with Gasteiger partial charge in [0.2, 0.25) is 5.91 Å². The van der Waals surface area contributed by atoms with Gasteiger partial charge in [-0.2, -0.15) is 0 Å². The van der Waals surface area contributed by atoms with E-state index in [9.17, 15) is 4.79 Å². The van der Waals surface area contributed by atoms with Gasteiger partial charge in [0, 0.05) is 13.1 Å². The Kier molecular flexibility index (Phi) is 8.73. The maximum absolute atomic E-state index is 12.6. The monoisotopic (exact) mass is 331 g/mol. The predicted octanol–water partition coefficient (Wildman–Crippen LogP) is 2.38. The molecule has 2 rings (SSSR count). The molecule has 130 valence electrons. The van der Waals surface area contributed by atoms with Crippen LogP contribution in [0.2, 0.25) is 0 Å². The molecule has 1 N–H and O–H groups in total. The van der Waals surface area contributed by atoms with Gasteiger partial charge in [0.25, 0.3) is 0 Å². The lowest BCUT2D eigenvalue weighted by Crippen LogP contribution is -2.51. The van der Waals surface area contributed by atoms with Crippen molar-refractivity contribution in [2.45, 2.75) is 52.0 Å². The van der Waals surface area contributed by atoms with Gasteiger partial charge in [0.15, 0.2) is 0 Å². The van der Waals surface area contributed by atoms with Crippen molar-refractivity contribution in [1.82, 2.24) is 15.1 Å². The van der Waals surface area contributed by atoms with Gasteiger partial charge in [-0.1, -0.05) is 6.92 Å². The average Bonchev–Trinajstić information content (AvgIpc) is 2.53. The van der Waals surface area contributed by atoms with Gasteiger partial charge < -0.3 is 10.2 Å². The molecule has 2 heterocycles. The average molecular weight is 332 g/mol. The first kappa shape index (κ1) is 19.7. The molecular weight excluding hydrogens is 298 g/mol. The summed E-state index contributed by atoms with van der Waals surface area (Å²) in [6.45, 7) is 9.61. The van der Waals surface area contributed by atoms with Crippen LogP contribution in [-0.4, -0.2) is 61.5 Å². The minimum absolute atomic E-state index is 0. The third-order valence-electron chi connectivity index (χ3n) is 5.45. The molecule has 22 heavy (non-hydrogen) atoms. The Labute approximate surface area is 142 Å². The fraction of sp³-hybridized carbons (Fsp3) is 0.941. The van der Waals surface area contributed by atoms with Crippen LogP contribution in [0.5, 0.6) is 0 Å². The molecule has 1 atom stereocenters. The number of carbonyl (C=O) groups is 1. The minimum atomic E-state index is 0. The predicted molar refractivity (Wildman–Crippen MR) is 94.5 cm³/mol. The zero-order valence-corrected chi connectivity index (χ0v) is 15.3. The molecule has 5 heteroatoms. The number of carbonyl (C=O) groups excluding carboxylic acids is 1. The van der Waals surface area contributed by atoms with Crippen LogP contribution in [0.4, 0.5) is 0 Å². The molecule has 0 saturated carbocycles. The SMILES string of the molecule is CNCCC1CCN(C(C)C(=O)N2CCC(C)CC2)CC1.Cl. The number of hydrogen-bond acceptors (Lipinski definition) is 3. The molecule has 2 aliphatic rings. The fourth-order valence-electron chi connectivity index (χ4n) is 3.63. The van der Waals surface area contributed by atoms with Crippen molar-refractivity contribution >= 4 is 18.3 Å². The largest absolute Gasteiger partial charge is 0.341 e. The summed E-state index contributed by atoms with van der Waals surface area (Å²) in [6.07, 6.45) is 6.11. The molecule has 2 fully saturated rings. The van der Waals surface area contributed by atoms with E-state index in [1.165, 1.54) is 32.1 Å². The minimum Gasteiger partial charge on any atom is -0.341 e. The Morgan fingerprint density at radius 2 is 1.73 bits per heavy atom. The maximum Gasteiger partial charge on any atom is 0.239 e. The number of nitrogens with one attached hydrogen (secondary N) is 1. The molecule has 2 aliphatic heterocycles. The van der Waals surface area contributed by atoms with Crippen LogP contribution >= 0.6 is 12.4 Å². The second kappa shape index (κ2) is 9.74. The summed E-state index contributed by atoms with van der Waals surface area (Å²) >= 11 is 0. The van der Waals surface area contributed by atoms with Crippen molar-refractivity contribution in [2.24, 2.45) is 11.8 Å². The molecule has 1 unspecified atom stereocenters. The molecule has 0 aromatic rings. The number of hydrogen-bond donors (Lipinski definition) is 1. The Balaban J connectivity index is 0.00000242. The summed E-state index contributed by atoms with van der Waals surface area (Å²) in [5.41, 5.74) is 0. The van der Waals surface area contributed by atoms with Crippen molar-refractivity contribution in [1.29, 1.82) is 0 Å². The van der Waals surface area contributed by atoms with E-state index in [0.29, 0.717) is 5.91 Å². The van der Waals surface area contributed by atoms with Crippen LogP contribution in [0.3, 0.4) is 0 Å². The molecule has 0 aromatic carbocycles. The number of halogens is 1. The Bertz CT molecular complexity index is 324. The van der Waals surface area contributed by atoms with Gasteiger partial charge in [-0.25, -0.2) is 0 Å². The second-order valence-corrected chi connectivity index (χ2v) is 7.06. The second-order valence-electron chi connectivity index (χ2n) is 7.06. The fourth-order valence-corrected chi connectivity index (χ4v) is 3.63. The summed E-state index contributed by atoms with van der Waals surface area (Å²) in [4.78, 5) is 17.1. The van der Waals surface area contributed by atoms with Crippen LogP contribution < -0.4 is 5.32 Å². The van der Waals surface area contributed by atoms with E-state index < -0.39 is 0 Å². The molecule has 1 amide bonds. The lowest BCUT2D eigenvalue weighted by atomic mass is 9.92.